The molecule has 4 N–H and O–H groups in total. The van der Waals surface area contributed by atoms with Gasteiger partial charge in [-0.25, -0.2) is 4.98 Å². The van der Waals surface area contributed by atoms with Gasteiger partial charge in [0.2, 0.25) is 0 Å². The summed E-state index contributed by atoms with van der Waals surface area (Å²) < 4.78 is 6.13. The van der Waals surface area contributed by atoms with Gasteiger partial charge in [-0.2, -0.15) is 0 Å². The summed E-state index contributed by atoms with van der Waals surface area (Å²) in [5.41, 5.74) is 13.9. The van der Waals surface area contributed by atoms with Gasteiger partial charge in [-0.15, -0.1) is 11.3 Å². The highest BCUT2D eigenvalue weighted by atomic mass is 32.1. The smallest absolute Gasteiger partial charge is 0.260 e. The second-order valence-electron chi connectivity index (χ2n) is 5.91. The van der Waals surface area contributed by atoms with E-state index < -0.39 is 5.91 Å². The maximum atomic E-state index is 11.6. The molecule has 1 saturated carbocycles. The number of hydrogen-bond donors (Lipinski definition) is 2. The van der Waals surface area contributed by atoms with Crippen LogP contribution in [0.1, 0.15) is 28.9 Å². The van der Waals surface area contributed by atoms with Gasteiger partial charge in [0.1, 0.15) is 15.5 Å². The number of fused-ring (bicyclic) bond motifs is 1. The number of rotatable bonds is 4. The zero-order chi connectivity index (χ0) is 16.7. The fraction of sp³-hybridized carbons (Fsp3) is 0.222. The average molecular weight is 339 g/mol. The number of aromatic nitrogens is 1. The van der Waals surface area contributed by atoms with Crippen molar-refractivity contribution in [1.82, 2.24) is 4.98 Å². The standard InChI is InChI=1S/C18H17N3O2S/c19-15-14-12(8-9-21-18(14)24-16(15)17(20)22)11-6-1-2-7-13(11)23-10-4-3-5-10/h1-2,6-10H,3-5,19H2,(H2,20,22). The number of carbonyl (C=O) groups excluding carboxylic acids is 1. The Bertz CT molecular complexity index is 931. The first-order valence-electron chi connectivity index (χ1n) is 7.88. The summed E-state index contributed by atoms with van der Waals surface area (Å²) in [6.07, 6.45) is 5.40. The molecule has 5 nitrogen and oxygen atoms in total. The van der Waals surface area contributed by atoms with Crippen molar-refractivity contribution in [2.75, 3.05) is 5.73 Å². The van der Waals surface area contributed by atoms with Crippen LogP contribution in [0, 0.1) is 0 Å². The van der Waals surface area contributed by atoms with Crippen LogP contribution in [-0.4, -0.2) is 17.0 Å². The predicted octanol–water partition coefficient (Wildman–Crippen LogP) is 3.58. The summed E-state index contributed by atoms with van der Waals surface area (Å²) in [5.74, 6) is 0.307. The van der Waals surface area contributed by atoms with Gasteiger partial charge in [0, 0.05) is 17.1 Å². The normalized spacial score (nSPS) is 14.5. The van der Waals surface area contributed by atoms with Crippen LogP contribution >= 0.6 is 11.3 Å². The molecule has 24 heavy (non-hydrogen) atoms. The summed E-state index contributed by atoms with van der Waals surface area (Å²) in [5, 5.41) is 0.765. The molecule has 0 atom stereocenters. The molecule has 0 bridgehead atoms. The van der Waals surface area contributed by atoms with E-state index in [1.54, 1.807) is 6.20 Å². The molecule has 1 aliphatic rings. The molecule has 122 valence electrons. The van der Waals surface area contributed by atoms with E-state index in [-0.39, 0.29) is 6.10 Å². The van der Waals surface area contributed by atoms with Crippen LogP contribution in [0.2, 0.25) is 0 Å². The predicted molar refractivity (Wildman–Crippen MR) is 96.3 cm³/mol. The van der Waals surface area contributed by atoms with Crippen molar-refractivity contribution in [3.05, 3.63) is 41.4 Å². The summed E-state index contributed by atoms with van der Waals surface area (Å²) >= 11 is 1.22. The number of primary amides is 1. The topological polar surface area (TPSA) is 91.2 Å². The number of anilines is 1. The molecule has 0 aliphatic heterocycles. The summed E-state index contributed by atoms with van der Waals surface area (Å²) in [4.78, 5) is 17.0. The van der Waals surface area contributed by atoms with Gasteiger partial charge in [-0.1, -0.05) is 18.2 Å². The molecular weight excluding hydrogens is 322 g/mol. The van der Waals surface area contributed by atoms with Crippen molar-refractivity contribution >= 4 is 33.1 Å². The molecule has 6 heteroatoms. The summed E-state index contributed by atoms with van der Waals surface area (Å²) in [6.45, 7) is 0. The molecule has 2 heterocycles. The minimum absolute atomic E-state index is 0.282. The van der Waals surface area contributed by atoms with Crippen molar-refractivity contribution in [3.8, 4) is 16.9 Å². The van der Waals surface area contributed by atoms with E-state index in [2.05, 4.69) is 4.98 Å². The summed E-state index contributed by atoms with van der Waals surface area (Å²) in [6, 6.07) is 9.80. The molecule has 0 spiro atoms. The van der Waals surface area contributed by atoms with E-state index in [9.17, 15) is 4.79 Å². The molecule has 4 rings (SSSR count). The van der Waals surface area contributed by atoms with Crippen molar-refractivity contribution in [3.63, 3.8) is 0 Å². The number of hydrogen-bond acceptors (Lipinski definition) is 5. The van der Waals surface area contributed by atoms with Gasteiger partial charge in [-0.05, 0) is 37.0 Å². The van der Waals surface area contributed by atoms with Crippen LogP contribution in [0.15, 0.2) is 36.5 Å². The Morgan fingerprint density at radius 2 is 2.00 bits per heavy atom. The highest BCUT2D eigenvalue weighted by Crippen LogP contribution is 2.42. The van der Waals surface area contributed by atoms with E-state index in [0.29, 0.717) is 15.4 Å². The van der Waals surface area contributed by atoms with Crippen molar-refractivity contribution in [1.29, 1.82) is 0 Å². The van der Waals surface area contributed by atoms with Gasteiger partial charge in [0.25, 0.3) is 5.91 Å². The van der Waals surface area contributed by atoms with Gasteiger partial charge < -0.3 is 16.2 Å². The van der Waals surface area contributed by atoms with Gasteiger partial charge >= 0.3 is 0 Å². The Morgan fingerprint density at radius 1 is 1.21 bits per heavy atom. The number of pyridine rings is 1. The number of para-hydroxylation sites is 1. The lowest BCUT2D eigenvalue weighted by atomic mass is 9.95. The number of nitrogen functional groups attached to an aromatic ring is 1. The minimum Gasteiger partial charge on any atom is -0.490 e. The van der Waals surface area contributed by atoms with Crippen LogP contribution in [0.3, 0.4) is 0 Å². The first-order valence-corrected chi connectivity index (χ1v) is 8.69. The zero-order valence-electron chi connectivity index (χ0n) is 13.0. The van der Waals surface area contributed by atoms with E-state index >= 15 is 0 Å². The lowest BCUT2D eigenvalue weighted by Crippen LogP contribution is -2.24. The lowest BCUT2D eigenvalue weighted by Gasteiger charge is -2.27. The number of benzene rings is 1. The van der Waals surface area contributed by atoms with Gasteiger partial charge in [-0.3, -0.25) is 4.79 Å². The van der Waals surface area contributed by atoms with Crippen LogP contribution in [0.25, 0.3) is 21.3 Å². The number of amides is 1. The zero-order valence-corrected chi connectivity index (χ0v) is 13.8. The van der Waals surface area contributed by atoms with Crippen LogP contribution in [0.5, 0.6) is 5.75 Å². The largest absolute Gasteiger partial charge is 0.490 e. The fourth-order valence-electron chi connectivity index (χ4n) is 2.91. The molecule has 3 aromatic rings. The van der Waals surface area contributed by atoms with Crippen molar-refractivity contribution in [2.45, 2.75) is 25.4 Å². The maximum absolute atomic E-state index is 11.6. The monoisotopic (exact) mass is 339 g/mol. The third-order valence-electron chi connectivity index (χ3n) is 4.38. The number of thiophene rings is 1. The molecule has 1 aliphatic carbocycles. The lowest BCUT2D eigenvalue weighted by molar-refractivity contribution is 0.100. The van der Waals surface area contributed by atoms with Crippen molar-refractivity contribution in [2.24, 2.45) is 5.73 Å². The molecule has 0 radical (unpaired) electrons. The van der Waals surface area contributed by atoms with Gasteiger partial charge in [0.15, 0.2) is 0 Å². The first-order chi connectivity index (χ1) is 11.6. The Morgan fingerprint density at radius 3 is 2.71 bits per heavy atom. The third kappa shape index (κ3) is 2.39. The van der Waals surface area contributed by atoms with Crippen LogP contribution in [-0.2, 0) is 0 Å². The number of ether oxygens (including phenoxy) is 1. The van der Waals surface area contributed by atoms with E-state index in [4.69, 9.17) is 16.2 Å². The Balaban J connectivity index is 1.89. The molecule has 0 unspecified atom stereocenters. The number of carbonyl (C=O) groups is 1. The van der Waals surface area contributed by atoms with Gasteiger partial charge in [0.05, 0.1) is 11.8 Å². The number of nitrogens with zero attached hydrogens (tertiary/aromatic N) is 1. The van der Waals surface area contributed by atoms with Crippen LogP contribution in [0.4, 0.5) is 5.69 Å². The molecule has 1 amide bonds. The SMILES string of the molecule is NC(=O)c1sc2nccc(-c3ccccc3OC3CCC3)c2c1N. The first kappa shape index (κ1) is 15.0. The Hall–Kier alpha value is -2.60. The second kappa shape index (κ2) is 5.79. The highest BCUT2D eigenvalue weighted by Gasteiger charge is 2.23. The van der Waals surface area contributed by atoms with E-state index in [1.807, 2.05) is 30.3 Å². The second-order valence-corrected chi connectivity index (χ2v) is 6.91. The molecule has 2 aromatic heterocycles. The van der Waals surface area contributed by atoms with E-state index in [1.165, 1.54) is 17.8 Å². The molecular formula is C18H17N3O2S. The van der Waals surface area contributed by atoms with Crippen molar-refractivity contribution < 1.29 is 9.53 Å². The Labute approximate surface area is 143 Å². The van der Waals surface area contributed by atoms with E-state index in [0.717, 1.165) is 35.1 Å². The highest BCUT2D eigenvalue weighted by molar-refractivity contribution is 7.21. The fourth-order valence-corrected chi connectivity index (χ4v) is 3.85. The molecule has 1 aromatic carbocycles. The third-order valence-corrected chi connectivity index (χ3v) is 5.50. The molecule has 1 fully saturated rings. The maximum Gasteiger partial charge on any atom is 0.260 e. The summed E-state index contributed by atoms with van der Waals surface area (Å²) in [7, 11) is 0. The quantitative estimate of drug-likeness (QED) is 0.760. The van der Waals surface area contributed by atoms with Crippen LogP contribution < -0.4 is 16.2 Å². The number of nitrogens with two attached hydrogens (primary N) is 2. The minimum atomic E-state index is -0.527. The average Bonchev–Trinajstić information content (AvgIpc) is 2.89. The molecule has 0 saturated heterocycles. The Kier molecular flexibility index (Phi) is 3.61.